The van der Waals surface area contributed by atoms with Crippen molar-refractivity contribution in [2.24, 2.45) is 0 Å². The molecule has 9 amide bonds. The van der Waals surface area contributed by atoms with Crippen molar-refractivity contribution in [1.29, 1.82) is 0 Å². The molecule has 0 radical (unpaired) electrons. The van der Waals surface area contributed by atoms with Crippen molar-refractivity contribution in [2.75, 3.05) is 59.3 Å². The van der Waals surface area contributed by atoms with Gasteiger partial charge in [-0.25, -0.2) is 0 Å². The fourth-order valence-electron chi connectivity index (χ4n) is 13.0. The van der Waals surface area contributed by atoms with Crippen molar-refractivity contribution in [3.05, 3.63) is 231 Å². The number of hydrogen-bond donors (Lipinski definition) is 3. The van der Waals surface area contributed by atoms with Crippen LogP contribution in [0.5, 0.6) is 17.2 Å². The van der Waals surface area contributed by atoms with Gasteiger partial charge in [-0.15, -0.1) is 0 Å². The summed E-state index contributed by atoms with van der Waals surface area (Å²) < 4.78 is 126. The van der Waals surface area contributed by atoms with Crippen LogP contribution in [0.2, 0.25) is 0 Å². The Hall–Kier alpha value is -11.0. The normalized spacial score (nSPS) is 22.4. The van der Waals surface area contributed by atoms with E-state index in [1.54, 1.807) is 75.4 Å². The summed E-state index contributed by atoms with van der Waals surface area (Å²) >= 11 is 0. The average molecular weight is 1400 g/mol. The van der Waals surface area contributed by atoms with Crippen LogP contribution in [0, 0.1) is 0 Å². The van der Waals surface area contributed by atoms with Crippen LogP contribution >= 0.6 is 0 Å². The van der Waals surface area contributed by atoms with Gasteiger partial charge in [0.15, 0.2) is 0 Å². The number of rotatable bonds is 18. The number of nitrogens with one attached hydrogen (secondary N) is 3. The molecule has 6 fully saturated rings. The molecule has 9 aliphatic rings. The minimum Gasteiger partial charge on any atom is -0.489 e. The van der Waals surface area contributed by atoms with E-state index in [1.165, 1.54) is 46.2 Å². The summed E-state index contributed by atoms with van der Waals surface area (Å²) in [6, 6.07) is 22.2. The van der Waals surface area contributed by atoms with Gasteiger partial charge in [0.05, 0.1) is 54.5 Å². The van der Waals surface area contributed by atoms with E-state index in [1.807, 2.05) is 0 Å². The maximum atomic E-state index is 13.1. The van der Waals surface area contributed by atoms with Gasteiger partial charge < -0.3 is 73.8 Å². The molecule has 9 aliphatic heterocycles. The molecule has 3 atom stereocenters. The molecule has 6 aromatic carbocycles. The Kier molecular flexibility index (Phi) is 17.4. The number of nitrogens with zero attached hydrogens (tertiary/aromatic N) is 6. The molecule has 6 aromatic rings. The number of fused-ring (bicyclic) bond motifs is 3. The zero-order chi connectivity index (χ0) is 80.7. The fourth-order valence-corrected chi connectivity index (χ4v) is 13.0. The SMILES string of the molecule is [2H]c1c(CN2CCOCC2=O)ccc(C([2H])([2H])Oc2cccc3c2CN(C2CCC(=C)NC2=O)C3=O)c1[2H].[2H]c1cc(C([2H])([2H])Oc2cccc3c2CN(C2CCC(=C)NC2=O)C3=O)c([2H])cc1CN1CCOCC1=O.[2H]c1cc(COc2cccc3c2CN(C2CCC(=C)NC2=O)C3=O)ccc1C([2H])([2H])N1CCOCC1=O. The predicted octanol–water partition coefficient (Wildman–Crippen LogP) is 7.12. The molecule has 9 heterocycles. The maximum Gasteiger partial charge on any atom is 0.255 e. The minimum atomic E-state index is -2.49. The number of amides is 9. The number of piperidine rings is 3. The van der Waals surface area contributed by atoms with Gasteiger partial charge in [-0.1, -0.05) is 111 Å². The van der Waals surface area contributed by atoms with Crippen molar-refractivity contribution in [2.45, 2.75) is 116 Å². The zero-order valence-electron chi connectivity index (χ0n) is 66.7. The van der Waals surface area contributed by atoms with Gasteiger partial charge in [0, 0.05) is 89.7 Å². The molecule has 3 N–H and O–H groups in total. The van der Waals surface area contributed by atoms with Gasteiger partial charge in [0.2, 0.25) is 35.4 Å². The van der Waals surface area contributed by atoms with Crippen LogP contribution in [-0.2, 0) is 102 Å². The summed E-state index contributed by atoms with van der Waals surface area (Å²) in [6.45, 7) is 6.63. The largest absolute Gasteiger partial charge is 0.489 e. The molecular weight excluding hydrogens is 1300 g/mol. The highest BCUT2D eigenvalue weighted by molar-refractivity contribution is 6.04. The van der Waals surface area contributed by atoms with Gasteiger partial charge in [-0.2, -0.15) is 0 Å². The first-order chi connectivity index (χ1) is 53.8. The number of morpholine rings is 3. The van der Waals surface area contributed by atoms with Crippen LogP contribution in [0.4, 0.5) is 0 Å². The second-order valence-corrected chi connectivity index (χ2v) is 25.4. The molecule has 24 heteroatoms. The highest BCUT2D eigenvalue weighted by Gasteiger charge is 2.43. The summed E-state index contributed by atoms with van der Waals surface area (Å²) in [5, 5.41) is 8.10. The van der Waals surface area contributed by atoms with Gasteiger partial charge >= 0.3 is 0 Å². The molecule has 102 heavy (non-hydrogen) atoms. The number of hydrogen-bond acceptors (Lipinski definition) is 15. The molecular formula is C78H81N9O15. The first-order valence-corrected chi connectivity index (χ1v) is 33.4. The van der Waals surface area contributed by atoms with E-state index in [4.69, 9.17) is 43.5 Å². The van der Waals surface area contributed by atoms with Gasteiger partial charge in [-0.05, 0) is 108 Å². The highest BCUT2D eigenvalue weighted by atomic mass is 16.5. The number of allylic oxidation sites excluding steroid dienone is 3. The number of carbonyl (C=O) groups is 9. The molecule has 0 bridgehead atoms. The predicted molar refractivity (Wildman–Crippen MR) is 371 cm³/mol. The quantitative estimate of drug-likeness (QED) is 0.0774. The van der Waals surface area contributed by atoms with E-state index < -0.39 is 43.6 Å². The lowest BCUT2D eigenvalue weighted by molar-refractivity contribution is -0.144. The van der Waals surface area contributed by atoms with Crippen LogP contribution in [0.3, 0.4) is 0 Å². The zero-order valence-corrected chi connectivity index (χ0v) is 55.7. The Morgan fingerprint density at radius 3 is 1.22 bits per heavy atom. The van der Waals surface area contributed by atoms with E-state index in [0.717, 1.165) is 4.90 Å². The van der Waals surface area contributed by atoms with Gasteiger partial charge in [0.1, 0.15) is 74.9 Å². The van der Waals surface area contributed by atoms with Crippen molar-refractivity contribution in [1.82, 2.24) is 45.3 Å². The Balaban J connectivity index is 0.000000148. The molecule has 15 rings (SSSR count). The lowest BCUT2D eigenvalue weighted by Gasteiger charge is -2.31. The Labute approximate surface area is 606 Å². The fraction of sp³-hybridized carbons (Fsp3) is 0.346. The molecule has 0 spiro atoms. The summed E-state index contributed by atoms with van der Waals surface area (Å²) in [6.07, 6.45) is 3.13. The monoisotopic (exact) mass is 1390 g/mol. The van der Waals surface area contributed by atoms with Crippen LogP contribution in [0.1, 0.15) is 135 Å². The summed E-state index contributed by atoms with van der Waals surface area (Å²) in [5.41, 5.74) is 5.89. The minimum absolute atomic E-state index is 0.0210. The van der Waals surface area contributed by atoms with Crippen LogP contribution in [0.25, 0.3) is 0 Å². The van der Waals surface area contributed by atoms with Crippen LogP contribution in [-0.4, -0.2) is 160 Å². The lowest BCUT2D eigenvalue weighted by Crippen LogP contribution is -2.49. The molecule has 24 nitrogen and oxygen atoms in total. The Bertz CT molecular complexity index is 4800. The third kappa shape index (κ3) is 15.9. The van der Waals surface area contributed by atoms with Crippen molar-refractivity contribution < 1.29 is 86.7 Å². The van der Waals surface area contributed by atoms with Crippen molar-refractivity contribution >= 4 is 53.2 Å². The number of benzene rings is 6. The lowest BCUT2D eigenvalue weighted by atomic mass is 10.0. The maximum absolute atomic E-state index is 13.1. The van der Waals surface area contributed by atoms with E-state index >= 15 is 0 Å². The Morgan fingerprint density at radius 1 is 0.422 bits per heavy atom. The first kappa shape index (κ1) is 56.8. The molecule has 3 unspecified atom stereocenters. The summed E-state index contributed by atoms with van der Waals surface area (Å²) in [7, 11) is 0. The molecule has 528 valence electrons. The number of ether oxygens (including phenoxy) is 6. The third-order valence-electron chi connectivity index (χ3n) is 18.5. The smallest absolute Gasteiger partial charge is 0.255 e. The summed E-state index contributed by atoms with van der Waals surface area (Å²) in [5.74, 6) is -1.85. The molecule has 6 saturated heterocycles. The van der Waals surface area contributed by atoms with Crippen LogP contribution in [0.15, 0.2) is 164 Å². The van der Waals surface area contributed by atoms with Gasteiger partial charge in [0.25, 0.3) is 17.7 Å². The highest BCUT2D eigenvalue weighted by Crippen LogP contribution is 2.38. The Morgan fingerprint density at radius 2 is 0.775 bits per heavy atom. The molecule has 0 aliphatic carbocycles. The average Bonchev–Trinajstić information content (AvgIpc) is 1.69. The summed E-state index contributed by atoms with van der Waals surface area (Å²) in [4.78, 5) is 122. The van der Waals surface area contributed by atoms with Crippen molar-refractivity contribution in [3.63, 3.8) is 0 Å². The second-order valence-electron chi connectivity index (χ2n) is 25.4. The molecule has 0 saturated carbocycles. The second kappa shape index (κ2) is 31.3. The van der Waals surface area contributed by atoms with Crippen molar-refractivity contribution in [3.8, 4) is 17.2 Å². The standard InChI is InChI=1S/3C26H27N3O5/c3*1-17-5-10-22(25(31)27-17)29-14-21-20(26(29)32)3-2-4-23(21)34-15-19-8-6-18(7-9-19)13-28-11-12-33-16-24(28)30/h3*2-4,6-9,22H,1,5,10-16H2,(H,27,31)/i6D,9D,15D2;6D,8D,15D2;6D,13D2. The van der Waals surface area contributed by atoms with E-state index in [2.05, 4.69) is 35.7 Å². The topological polar surface area (TPSA) is 265 Å². The van der Waals surface area contributed by atoms with E-state index in [-0.39, 0.29) is 178 Å². The van der Waals surface area contributed by atoms with Gasteiger partial charge in [-0.3, -0.25) is 43.2 Å². The number of carbonyl (C=O) groups excluding carboxylic acids is 9. The third-order valence-corrected chi connectivity index (χ3v) is 18.5. The van der Waals surface area contributed by atoms with E-state index in [9.17, 15) is 43.2 Å². The molecule has 0 aromatic heterocycles. The van der Waals surface area contributed by atoms with Crippen LogP contribution < -0.4 is 30.2 Å². The van der Waals surface area contributed by atoms with E-state index in [0.29, 0.717) is 138 Å². The first-order valence-electron chi connectivity index (χ1n) is 38.9.